The molecule has 0 aromatic carbocycles. The summed E-state index contributed by atoms with van der Waals surface area (Å²) >= 11 is 0. The first-order valence-corrected chi connectivity index (χ1v) is 10.7. The molecule has 6 heteroatoms. The lowest BCUT2D eigenvalue weighted by molar-refractivity contribution is -0.202. The second kappa shape index (κ2) is 7.13. The van der Waals surface area contributed by atoms with E-state index >= 15 is 0 Å². The largest absolute Gasteiger partial charge is 0.461 e. The summed E-state index contributed by atoms with van der Waals surface area (Å²) in [5.74, 6) is -0.198. The van der Waals surface area contributed by atoms with Crippen molar-refractivity contribution in [1.82, 2.24) is 0 Å². The van der Waals surface area contributed by atoms with Crippen LogP contribution in [0.25, 0.3) is 0 Å². The Balaban J connectivity index is 2.25. The maximum atomic E-state index is 13.3. The minimum atomic E-state index is -0.839. The Morgan fingerprint density at radius 2 is 1.86 bits per heavy atom. The van der Waals surface area contributed by atoms with Gasteiger partial charge in [-0.15, -0.1) is 6.58 Å². The van der Waals surface area contributed by atoms with E-state index in [1.165, 1.54) is 6.92 Å². The van der Waals surface area contributed by atoms with Crippen LogP contribution in [0.5, 0.6) is 0 Å². The molecule has 0 spiro atoms. The Labute approximate surface area is 173 Å². The van der Waals surface area contributed by atoms with Crippen LogP contribution in [-0.4, -0.2) is 30.1 Å². The molecule has 3 aliphatic rings. The smallest absolute Gasteiger partial charge is 0.404 e. The van der Waals surface area contributed by atoms with E-state index in [0.29, 0.717) is 12.8 Å². The molecule has 0 heterocycles. The molecular weight excluding hydrogens is 370 g/mol. The summed E-state index contributed by atoms with van der Waals surface area (Å²) in [6.45, 7) is 13.8. The third-order valence-electron chi connectivity index (χ3n) is 8.81. The fraction of sp³-hybridized carbons (Fsp3) is 0.783. The number of hydrogen-bond donors (Lipinski definition) is 1. The third kappa shape index (κ3) is 3.10. The van der Waals surface area contributed by atoms with Crippen molar-refractivity contribution < 1.29 is 23.9 Å². The SMILES string of the molecule is C=C[C@]1(C)C[C@@H](OC(N)=O)[C@]2(C)C(C)CC[C@]3(CCC(=O)[C@H]32)[C@@H](C)[C@@H]1OC(C)=O. The van der Waals surface area contributed by atoms with E-state index in [9.17, 15) is 14.4 Å². The van der Waals surface area contributed by atoms with Gasteiger partial charge in [0.15, 0.2) is 0 Å². The molecule has 162 valence electrons. The van der Waals surface area contributed by atoms with Crippen molar-refractivity contribution in [2.75, 3.05) is 0 Å². The summed E-state index contributed by atoms with van der Waals surface area (Å²) in [6.07, 6.45) is 3.48. The van der Waals surface area contributed by atoms with Crippen molar-refractivity contribution >= 4 is 17.8 Å². The van der Waals surface area contributed by atoms with Gasteiger partial charge in [0.25, 0.3) is 0 Å². The molecule has 3 aliphatic carbocycles. The number of ketones is 1. The number of rotatable bonds is 3. The molecule has 29 heavy (non-hydrogen) atoms. The minimum Gasteiger partial charge on any atom is -0.461 e. The number of primary amides is 1. The molecule has 6 nitrogen and oxygen atoms in total. The van der Waals surface area contributed by atoms with E-state index in [0.717, 1.165) is 19.3 Å². The highest BCUT2D eigenvalue weighted by Crippen LogP contribution is 2.68. The van der Waals surface area contributed by atoms with Gasteiger partial charge in [0.1, 0.15) is 18.0 Å². The normalized spacial score (nSPS) is 46.8. The van der Waals surface area contributed by atoms with E-state index in [2.05, 4.69) is 27.4 Å². The van der Waals surface area contributed by atoms with Gasteiger partial charge >= 0.3 is 12.1 Å². The van der Waals surface area contributed by atoms with Crippen LogP contribution < -0.4 is 5.73 Å². The Morgan fingerprint density at radius 1 is 1.21 bits per heavy atom. The van der Waals surface area contributed by atoms with Gasteiger partial charge in [-0.05, 0) is 37.0 Å². The third-order valence-corrected chi connectivity index (χ3v) is 8.81. The lowest BCUT2D eigenvalue weighted by Crippen LogP contribution is -2.63. The highest BCUT2D eigenvalue weighted by Gasteiger charge is 2.68. The summed E-state index contributed by atoms with van der Waals surface area (Å²) in [5.41, 5.74) is 4.04. The number of ether oxygens (including phenoxy) is 2. The average Bonchev–Trinajstić information content (AvgIpc) is 2.99. The van der Waals surface area contributed by atoms with Gasteiger partial charge in [-0.1, -0.05) is 33.8 Å². The van der Waals surface area contributed by atoms with Crippen LogP contribution in [0.3, 0.4) is 0 Å². The fourth-order valence-electron chi connectivity index (χ4n) is 7.03. The minimum absolute atomic E-state index is 0.0211. The first kappa shape index (κ1) is 21.8. The zero-order chi connectivity index (χ0) is 21.8. The van der Waals surface area contributed by atoms with Gasteiger partial charge < -0.3 is 15.2 Å². The van der Waals surface area contributed by atoms with Gasteiger partial charge in [0, 0.05) is 36.0 Å². The summed E-state index contributed by atoms with van der Waals surface area (Å²) in [6, 6.07) is 0. The summed E-state index contributed by atoms with van der Waals surface area (Å²) in [5, 5.41) is 0. The van der Waals surface area contributed by atoms with Crippen molar-refractivity contribution in [3.05, 3.63) is 12.7 Å². The van der Waals surface area contributed by atoms with Crippen molar-refractivity contribution in [3.8, 4) is 0 Å². The number of carbonyl (C=O) groups is 3. The van der Waals surface area contributed by atoms with Gasteiger partial charge in [0.05, 0.1) is 0 Å². The summed E-state index contributed by atoms with van der Waals surface area (Å²) in [7, 11) is 0. The van der Waals surface area contributed by atoms with Gasteiger partial charge in [-0.2, -0.15) is 0 Å². The van der Waals surface area contributed by atoms with Gasteiger partial charge in [0.2, 0.25) is 0 Å². The predicted molar refractivity (Wildman–Crippen MR) is 109 cm³/mol. The molecule has 0 radical (unpaired) electrons. The molecule has 3 fully saturated rings. The topological polar surface area (TPSA) is 95.7 Å². The second-order valence-corrected chi connectivity index (χ2v) is 10.1. The quantitative estimate of drug-likeness (QED) is 0.565. The Bertz CT molecular complexity index is 735. The molecule has 0 saturated heterocycles. The molecule has 0 aromatic heterocycles. The monoisotopic (exact) mass is 405 g/mol. The molecule has 8 atom stereocenters. The lowest BCUT2D eigenvalue weighted by atomic mass is 9.44. The number of nitrogens with two attached hydrogens (primary N) is 1. The number of Topliss-reactive ketones (excluding diaryl/α,β-unsaturated/α-hetero) is 1. The molecule has 0 aliphatic heterocycles. The van der Waals surface area contributed by atoms with Crippen molar-refractivity contribution in [1.29, 1.82) is 0 Å². The van der Waals surface area contributed by atoms with Gasteiger partial charge in [-0.25, -0.2) is 4.79 Å². The zero-order valence-electron chi connectivity index (χ0n) is 18.3. The van der Waals surface area contributed by atoms with E-state index < -0.39 is 29.1 Å². The first-order chi connectivity index (χ1) is 13.4. The van der Waals surface area contributed by atoms with E-state index in [-0.39, 0.29) is 34.9 Å². The van der Waals surface area contributed by atoms with Crippen LogP contribution in [0.1, 0.15) is 66.7 Å². The van der Waals surface area contributed by atoms with E-state index in [4.69, 9.17) is 15.2 Å². The molecule has 2 N–H and O–H groups in total. The van der Waals surface area contributed by atoms with E-state index in [1.54, 1.807) is 0 Å². The first-order valence-electron chi connectivity index (χ1n) is 10.7. The Kier molecular flexibility index (Phi) is 5.38. The molecule has 1 amide bonds. The van der Waals surface area contributed by atoms with Crippen molar-refractivity contribution in [3.63, 3.8) is 0 Å². The van der Waals surface area contributed by atoms with Gasteiger partial charge in [-0.3, -0.25) is 9.59 Å². The maximum absolute atomic E-state index is 13.3. The van der Waals surface area contributed by atoms with Crippen LogP contribution in [0, 0.1) is 34.0 Å². The molecule has 1 unspecified atom stereocenters. The second-order valence-electron chi connectivity index (χ2n) is 10.1. The molecule has 2 bridgehead atoms. The summed E-state index contributed by atoms with van der Waals surface area (Å²) < 4.78 is 11.6. The van der Waals surface area contributed by atoms with E-state index in [1.807, 2.05) is 13.0 Å². The van der Waals surface area contributed by atoms with Crippen LogP contribution in [0.4, 0.5) is 4.79 Å². The lowest BCUT2D eigenvalue weighted by Gasteiger charge is -2.62. The predicted octanol–water partition coefficient (Wildman–Crippen LogP) is 4.02. The standard InChI is InChI=1S/C23H35NO5/c1-7-21(5)12-17(29-20(24)27)22(6)13(2)8-10-23(11-9-16(26)18(22)23)14(3)19(21)28-15(4)25/h7,13-14,17-19H,1,8-12H2,2-6H3,(H2,24,27)/t13?,14-,17+,18-,19-,21+,22-,23-/m0/s1. The molecular formula is C23H35NO5. The van der Waals surface area contributed by atoms with Crippen LogP contribution >= 0.6 is 0 Å². The highest BCUT2D eigenvalue weighted by atomic mass is 16.6. The highest BCUT2D eigenvalue weighted by molar-refractivity contribution is 5.85. The number of carbonyl (C=O) groups excluding carboxylic acids is 3. The fourth-order valence-corrected chi connectivity index (χ4v) is 7.03. The average molecular weight is 406 g/mol. The van der Waals surface area contributed by atoms with Crippen LogP contribution in [0.2, 0.25) is 0 Å². The zero-order valence-corrected chi connectivity index (χ0v) is 18.3. The number of esters is 1. The Morgan fingerprint density at radius 3 is 2.41 bits per heavy atom. The van der Waals surface area contributed by atoms with Crippen molar-refractivity contribution in [2.24, 2.45) is 39.7 Å². The molecule has 3 rings (SSSR count). The number of amides is 1. The Hall–Kier alpha value is -1.85. The molecule has 3 saturated carbocycles. The maximum Gasteiger partial charge on any atom is 0.404 e. The summed E-state index contributed by atoms with van der Waals surface area (Å²) in [4.78, 5) is 37.2. The van der Waals surface area contributed by atoms with Crippen LogP contribution in [0.15, 0.2) is 12.7 Å². The van der Waals surface area contributed by atoms with Crippen molar-refractivity contribution in [2.45, 2.75) is 78.9 Å². The number of hydrogen-bond acceptors (Lipinski definition) is 5. The molecule has 0 aromatic rings. The van der Waals surface area contributed by atoms with Crippen LogP contribution in [-0.2, 0) is 19.1 Å².